The maximum absolute atomic E-state index is 11.7. The minimum Gasteiger partial charge on any atom is -0.481 e. The first-order valence-corrected chi connectivity index (χ1v) is 5.67. The third-order valence-corrected chi connectivity index (χ3v) is 2.81. The first-order valence-electron chi connectivity index (χ1n) is 5.67. The van der Waals surface area contributed by atoms with Crippen molar-refractivity contribution in [2.75, 3.05) is 7.05 Å². The van der Waals surface area contributed by atoms with Crippen LogP contribution >= 0.6 is 0 Å². The van der Waals surface area contributed by atoms with Crippen molar-refractivity contribution in [1.82, 2.24) is 10.2 Å². The number of hydrogen-bond acceptors (Lipinski definition) is 2. The van der Waals surface area contributed by atoms with Gasteiger partial charge in [0, 0.05) is 19.1 Å². The molecule has 5 nitrogen and oxygen atoms in total. The fraction of sp³-hybridized carbons (Fsp3) is 0.818. The number of carboxylic acid groups (broad SMARTS) is 1. The predicted molar refractivity (Wildman–Crippen MR) is 62.4 cm³/mol. The third kappa shape index (κ3) is 5.00. The van der Waals surface area contributed by atoms with E-state index in [-0.39, 0.29) is 24.5 Å². The molecule has 2 atom stereocenters. The number of carbonyl (C=O) groups excluding carboxylic acids is 1. The van der Waals surface area contributed by atoms with E-state index in [4.69, 9.17) is 5.11 Å². The normalized spacial score (nSPS) is 14.0. The molecule has 0 aliphatic carbocycles. The van der Waals surface area contributed by atoms with Gasteiger partial charge in [-0.2, -0.15) is 0 Å². The average molecular weight is 230 g/mol. The molecule has 5 heteroatoms. The Morgan fingerprint density at radius 1 is 1.31 bits per heavy atom. The lowest BCUT2D eigenvalue weighted by Crippen LogP contribution is -2.46. The van der Waals surface area contributed by atoms with Crippen LogP contribution in [0.25, 0.3) is 0 Å². The topological polar surface area (TPSA) is 69.6 Å². The van der Waals surface area contributed by atoms with Gasteiger partial charge in [0.1, 0.15) is 0 Å². The van der Waals surface area contributed by atoms with Crippen molar-refractivity contribution < 1.29 is 14.7 Å². The zero-order chi connectivity index (χ0) is 12.7. The molecule has 2 amide bonds. The van der Waals surface area contributed by atoms with Crippen LogP contribution in [0, 0.1) is 0 Å². The van der Waals surface area contributed by atoms with Crippen LogP contribution in [0.5, 0.6) is 0 Å². The van der Waals surface area contributed by atoms with Gasteiger partial charge < -0.3 is 15.3 Å². The van der Waals surface area contributed by atoms with Crippen LogP contribution in [0.1, 0.15) is 40.0 Å². The van der Waals surface area contributed by atoms with E-state index in [0.717, 1.165) is 6.42 Å². The van der Waals surface area contributed by atoms with Gasteiger partial charge in [0.15, 0.2) is 0 Å². The minimum absolute atomic E-state index is 0.0312. The molecule has 2 N–H and O–H groups in total. The Morgan fingerprint density at radius 3 is 2.25 bits per heavy atom. The number of carbonyl (C=O) groups is 2. The molecule has 0 bridgehead atoms. The molecule has 16 heavy (non-hydrogen) atoms. The van der Waals surface area contributed by atoms with Crippen molar-refractivity contribution in [3.63, 3.8) is 0 Å². The Hall–Kier alpha value is -1.26. The molecule has 0 aliphatic rings. The highest BCUT2D eigenvalue weighted by Crippen LogP contribution is 2.03. The zero-order valence-electron chi connectivity index (χ0n) is 10.5. The Labute approximate surface area is 96.8 Å². The van der Waals surface area contributed by atoms with E-state index in [9.17, 15) is 9.59 Å². The van der Waals surface area contributed by atoms with Crippen LogP contribution in [-0.2, 0) is 4.79 Å². The molecule has 0 radical (unpaired) electrons. The van der Waals surface area contributed by atoms with Gasteiger partial charge >= 0.3 is 12.0 Å². The molecule has 0 aromatic rings. The van der Waals surface area contributed by atoms with Crippen molar-refractivity contribution >= 4 is 12.0 Å². The number of nitrogens with one attached hydrogen (secondary N) is 1. The summed E-state index contributed by atoms with van der Waals surface area (Å²) in [6, 6.07) is -0.346. The Bertz CT molecular complexity index is 243. The first-order chi connectivity index (χ1) is 7.42. The maximum Gasteiger partial charge on any atom is 0.317 e. The summed E-state index contributed by atoms with van der Waals surface area (Å²) < 4.78 is 0. The predicted octanol–water partition coefficient (Wildman–Crippen LogP) is 1.68. The number of hydrogen-bond donors (Lipinski definition) is 2. The molecular formula is C11H22N2O3. The maximum atomic E-state index is 11.7. The smallest absolute Gasteiger partial charge is 0.317 e. The number of rotatable bonds is 6. The van der Waals surface area contributed by atoms with Crippen molar-refractivity contribution in [1.29, 1.82) is 0 Å². The molecular weight excluding hydrogens is 208 g/mol. The summed E-state index contributed by atoms with van der Waals surface area (Å²) in [7, 11) is 1.72. The van der Waals surface area contributed by atoms with Gasteiger partial charge in [-0.1, -0.05) is 13.8 Å². The first kappa shape index (κ1) is 14.7. The van der Waals surface area contributed by atoms with Gasteiger partial charge in [0.25, 0.3) is 0 Å². The molecule has 0 aliphatic heterocycles. The number of nitrogens with zero attached hydrogens (tertiary/aromatic N) is 1. The van der Waals surface area contributed by atoms with Crippen LogP contribution in [0.2, 0.25) is 0 Å². The van der Waals surface area contributed by atoms with E-state index in [1.54, 1.807) is 11.9 Å². The highest BCUT2D eigenvalue weighted by Gasteiger charge is 2.18. The molecule has 2 unspecified atom stereocenters. The van der Waals surface area contributed by atoms with Gasteiger partial charge in [0.2, 0.25) is 0 Å². The summed E-state index contributed by atoms with van der Waals surface area (Å²) in [5, 5.41) is 11.4. The van der Waals surface area contributed by atoms with E-state index in [0.29, 0.717) is 6.42 Å². The molecule has 0 aromatic heterocycles. The van der Waals surface area contributed by atoms with E-state index < -0.39 is 5.97 Å². The van der Waals surface area contributed by atoms with Gasteiger partial charge in [-0.15, -0.1) is 0 Å². The van der Waals surface area contributed by atoms with Crippen molar-refractivity contribution in [3.05, 3.63) is 0 Å². The van der Waals surface area contributed by atoms with Gasteiger partial charge in [-0.05, 0) is 19.8 Å². The van der Waals surface area contributed by atoms with Crippen molar-refractivity contribution in [2.24, 2.45) is 0 Å². The van der Waals surface area contributed by atoms with Gasteiger partial charge in [0.05, 0.1) is 6.42 Å². The number of amides is 2. The van der Waals surface area contributed by atoms with Crippen LogP contribution in [0.15, 0.2) is 0 Å². The molecule has 0 aromatic carbocycles. The van der Waals surface area contributed by atoms with Gasteiger partial charge in [-0.3, -0.25) is 4.79 Å². The van der Waals surface area contributed by atoms with E-state index in [2.05, 4.69) is 5.32 Å². The SMILES string of the molecule is CCC(CC(=O)O)NC(=O)N(C)C(C)CC. The van der Waals surface area contributed by atoms with E-state index in [1.807, 2.05) is 20.8 Å². The second kappa shape index (κ2) is 7.09. The molecule has 0 spiro atoms. The summed E-state index contributed by atoms with van der Waals surface area (Å²) in [6.45, 7) is 5.82. The largest absolute Gasteiger partial charge is 0.481 e. The van der Waals surface area contributed by atoms with Crippen molar-refractivity contribution in [3.8, 4) is 0 Å². The highest BCUT2D eigenvalue weighted by atomic mass is 16.4. The summed E-state index contributed by atoms with van der Waals surface area (Å²) in [4.78, 5) is 23.9. The second-order valence-corrected chi connectivity index (χ2v) is 4.02. The Kier molecular flexibility index (Phi) is 6.53. The fourth-order valence-corrected chi connectivity index (χ4v) is 1.26. The summed E-state index contributed by atoms with van der Waals surface area (Å²) >= 11 is 0. The molecule has 0 saturated heterocycles. The number of urea groups is 1. The van der Waals surface area contributed by atoms with E-state index >= 15 is 0 Å². The third-order valence-electron chi connectivity index (χ3n) is 2.81. The molecule has 0 fully saturated rings. The number of carboxylic acids is 1. The molecule has 0 rings (SSSR count). The highest BCUT2D eigenvalue weighted by molar-refractivity contribution is 5.75. The summed E-state index contributed by atoms with van der Waals surface area (Å²) in [6.07, 6.45) is 1.46. The standard InChI is InChI=1S/C11H22N2O3/c1-5-8(3)13(4)11(16)12-9(6-2)7-10(14)15/h8-9H,5-7H2,1-4H3,(H,12,16)(H,14,15). The summed E-state index contributed by atoms with van der Waals surface area (Å²) in [5.41, 5.74) is 0. The van der Waals surface area contributed by atoms with Crippen molar-refractivity contribution in [2.45, 2.75) is 52.1 Å². The minimum atomic E-state index is -0.890. The molecule has 0 heterocycles. The fourth-order valence-electron chi connectivity index (χ4n) is 1.26. The van der Waals surface area contributed by atoms with Crippen LogP contribution in [-0.4, -0.2) is 41.1 Å². The molecule has 0 saturated carbocycles. The van der Waals surface area contributed by atoms with Gasteiger partial charge in [-0.25, -0.2) is 4.79 Å². The molecule has 94 valence electrons. The number of aliphatic carboxylic acids is 1. The van der Waals surface area contributed by atoms with Crippen LogP contribution < -0.4 is 5.32 Å². The lowest BCUT2D eigenvalue weighted by molar-refractivity contribution is -0.137. The van der Waals surface area contributed by atoms with Crippen LogP contribution in [0.4, 0.5) is 4.79 Å². The Morgan fingerprint density at radius 2 is 1.88 bits per heavy atom. The average Bonchev–Trinajstić information content (AvgIpc) is 2.25. The zero-order valence-corrected chi connectivity index (χ0v) is 10.5. The van der Waals surface area contributed by atoms with E-state index in [1.165, 1.54) is 0 Å². The lowest BCUT2D eigenvalue weighted by Gasteiger charge is -2.26. The second-order valence-electron chi connectivity index (χ2n) is 4.02. The van der Waals surface area contributed by atoms with Crippen LogP contribution in [0.3, 0.4) is 0 Å². The monoisotopic (exact) mass is 230 g/mol. The summed E-state index contributed by atoms with van der Waals surface area (Å²) in [5.74, 6) is -0.890. The lowest BCUT2D eigenvalue weighted by atomic mass is 10.1. The quantitative estimate of drug-likeness (QED) is 0.729. The Balaban J connectivity index is 4.24.